The van der Waals surface area contributed by atoms with Crippen molar-refractivity contribution in [3.63, 3.8) is 0 Å². The van der Waals surface area contributed by atoms with Crippen LogP contribution in [0.3, 0.4) is 0 Å². The van der Waals surface area contributed by atoms with E-state index in [9.17, 15) is 0 Å². The van der Waals surface area contributed by atoms with E-state index in [1.807, 2.05) is 24.4 Å². The van der Waals surface area contributed by atoms with Crippen LogP contribution >= 0.6 is 0 Å². The summed E-state index contributed by atoms with van der Waals surface area (Å²) in [6, 6.07) is 71.9. The first kappa shape index (κ1) is 36.3. The van der Waals surface area contributed by atoms with Crippen LogP contribution in [0.1, 0.15) is 26.3 Å². The summed E-state index contributed by atoms with van der Waals surface area (Å²) < 4.78 is 5.70. The van der Waals surface area contributed by atoms with Crippen molar-refractivity contribution in [2.45, 2.75) is 26.2 Å². The summed E-state index contributed by atoms with van der Waals surface area (Å²) in [4.78, 5) is 7.02. The molecule has 4 nitrogen and oxygen atoms in total. The number of imidazole rings is 1. The second-order valence-corrected chi connectivity index (χ2v) is 16.1. The third-order valence-electron chi connectivity index (χ3n) is 10.3. The number of aromatic nitrogens is 3. The Morgan fingerprint density at radius 2 is 1.09 bits per heavy atom. The van der Waals surface area contributed by atoms with E-state index >= 15 is 0 Å². The van der Waals surface area contributed by atoms with Crippen LogP contribution in [-0.2, 0) is 24.8 Å². The summed E-state index contributed by atoms with van der Waals surface area (Å²) >= 11 is 2.47. The van der Waals surface area contributed by atoms with Crippen molar-refractivity contribution in [1.29, 1.82) is 0 Å². The van der Waals surface area contributed by atoms with E-state index in [1.54, 1.807) is 0 Å². The topological polar surface area (TPSA) is 26.0 Å². The summed E-state index contributed by atoms with van der Waals surface area (Å²) in [5.41, 5.74) is 14.7. The molecule has 0 N–H and O–H groups in total. The molecule has 0 aliphatic rings. The SMILES string of the molecule is CC(C)(C)c1ccc(-n2[c](=[Pt])n(-c3[c-]c(N(c4[c-]c(-c5ccccn5)ccc4)c4c(-c5ccccc5)cccc4-c4ccccc4)ccc3)c3ccccc32)cc1. The Morgan fingerprint density at radius 1 is 0.526 bits per heavy atom. The molecule has 7 aromatic carbocycles. The quantitative estimate of drug-likeness (QED) is 0.142. The zero-order valence-corrected chi connectivity index (χ0v) is 34.3. The molecule has 280 valence electrons. The average molecular weight is 916 g/mol. The van der Waals surface area contributed by atoms with Crippen molar-refractivity contribution in [2.75, 3.05) is 4.90 Å². The minimum absolute atomic E-state index is 0.0693. The average Bonchev–Trinajstić information content (AvgIpc) is 3.56. The summed E-state index contributed by atoms with van der Waals surface area (Å²) in [7, 11) is 0. The molecule has 0 bridgehead atoms. The van der Waals surface area contributed by atoms with Gasteiger partial charge in [-0.05, 0) is 6.07 Å². The van der Waals surface area contributed by atoms with E-state index < -0.39 is 0 Å². The summed E-state index contributed by atoms with van der Waals surface area (Å²) in [6.45, 7) is 6.76. The van der Waals surface area contributed by atoms with Gasteiger partial charge in [-0.3, -0.25) is 0 Å². The molecule has 0 unspecified atom stereocenters. The van der Waals surface area contributed by atoms with Gasteiger partial charge in [0, 0.05) is 0 Å². The third kappa shape index (κ3) is 7.03. The molecule has 2 heterocycles. The fourth-order valence-corrected chi connectivity index (χ4v) is 8.63. The number of anilines is 3. The summed E-state index contributed by atoms with van der Waals surface area (Å²) in [6.07, 6.45) is 1.83. The van der Waals surface area contributed by atoms with Crippen LogP contribution in [-0.4, -0.2) is 14.1 Å². The summed E-state index contributed by atoms with van der Waals surface area (Å²) in [5.74, 6) is 0. The van der Waals surface area contributed by atoms with Crippen molar-refractivity contribution < 1.29 is 19.4 Å². The molecule has 9 aromatic rings. The van der Waals surface area contributed by atoms with Gasteiger partial charge in [-0.25, -0.2) is 0 Å². The van der Waals surface area contributed by atoms with E-state index in [0.29, 0.717) is 0 Å². The van der Waals surface area contributed by atoms with Crippen molar-refractivity contribution in [3.05, 3.63) is 210 Å². The fourth-order valence-electron chi connectivity index (χ4n) is 7.52. The predicted molar refractivity (Wildman–Crippen MR) is 231 cm³/mol. The molecule has 0 aliphatic heterocycles. The van der Waals surface area contributed by atoms with E-state index in [1.165, 1.54) is 5.56 Å². The van der Waals surface area contributed by atoms with Crippen molar-refractivity contribution in [2.24, 2.45) is 0 Å². The number of rotatable bonds is 8. The predicted octanol–water partition coefficient (Wildman–Crippen LogP) is 13.3. The molecule has 0 spiro atoms. The molecule has 57 heavy (non-hydrogen) atoms. The monoisotopic (exact) mass is 915 g/mol. The van der Waals surface area contributed by atoms with Crippen LogP contribution in [0, 0.1) is 15.9 Å². The number of fused-ring (bicyclic) bond motifs is 1. The van der Waals surface area contributed by atoms with E-state index in [2.05, 4.69) is 230 Å². The van der Waals surface area contributed by atoms with Gasteiger partial charge in [0.25, 0.3) is 0 Å². The Balaban J connectivity index is 1.29. The van der Waals surface area contributed by atoms with Crippen molar-refractivity contribution in [1.82, 2.24) is 14.1 Å². The van der Waals surface area contributed by atoms with Crippen LogP contribution in [0.25, 0.3) is 55.9 Å². The van der Waals surface area contributed by atoms with Gasteiger partial charge in [-0.2, -0.15) is 0 Å². The Kier molecular flexibility index (Phi) is 9.74. The zero-order valence-electron chi connectivity index (χ0n) is 32.0. The van der Waals surface area contributed by atoms with Crippen LogP contribution in [0.4, 0.5) is 17.1 Å². The Labute approximate surface area is 345 Å². The van der Waals surface area contributed by atoms with Gasteiger partial charge in [-0.1, -0.05) is 0 Å². The molecule has 0 fully saturated rings. The Morgan fingerprint density at radius 3 is 1.70 bits per heavy atom. The van der Waals surface area contributed by atoms with Crippen molar-refractivity contribution >= 4 is 28.1 Å². The molecule has 0 saturated heterocycles. The maximum absolute atomic E-state index is 4.70. The standard InChI is InChI=1S/C52H40N4.Pt/c1-52(2,3)41-30-32-42(33-31-41)54-37-55(50-29-11-10-28-49(50)54)43-22-15-24-45(36-43)56(44-23-14-21-40(35-44)48-27-12-13-34-53-48)51-46(38-17-6-4-7-18-38)25-16-26-47(51)39-19-8-5-9-20-39;/h4-34H,1-3H3;/q-2;. The number of pyridine rings is 1. The molecule has 2 aromatic heterocycles. The van der Waals surface area contributed by atoms with Crippen molar-refractivity contribution in [3.8, 4) is 44.9 Å². The molecular weight excluding hydrogens is 876 g/mol. The number of nitrogens with zero attached hydrogens (tertiary/aromatic N) is 4. The Hall–Kier alpha value is -6.35. The number of benzene rings is 7. The molecule has 5 heteroatoms. The van der Waals surface area contributed by atoms with Gasteiger partial charge in [0.05, 0.1) is 0 Å². The van der Waals surface area contributed by atoms with Gasteiger partial charge < -0.3 is 0 Å². The van der Waals surface area contributed by atoms with Crippen LogP contribution in [0.15, 0.2) is 188 Å². The third-order valence-corrected chi connectivity index (χ3v) is 11.3. The van der Waals surface area contributed by atoms with E-state index in [0.717, 1.165) is 76.8 Å². The van der Waals surface area contributed by atoms with Gasteiger partial charge in [-0.15, -0.1) is 0 Å². The maximum atomic E-state index is 4.70. The second-order valence-electron chi connectivity index (χ2n) is 15.1. The van der Waals surface area contributed by atoms with Crippen LogP contribution < -0.4 is 4.90 Å². The van der Waals surface area contributed by atoms with Gasteiger partial charge in [0.15, 0.2) is 0 Å². The first-order chi connectivity index (χ1) is 27.8. The molecule has 0 aliphatic carbocycles. The molecule has 0 amide bonds. The van der Waals surface area contributed by atoms with Gasteiger partial charge in [0.1, 0.15) is 0 Å². The van der Waals surface area contributed by atoms with Crippen LogP contribution in [0.5, 0.6) is 0 Å². The van der Waals surface area contributed by atoms with E-state index in [-0.39, 0.29) is 5.41 Å². The Bertz CT molecular complexity index is 2830. The van der Waals surface area contributed by atoms with Gasteiger partial charge in [0.2, 0.25) is 0 Å². The number of hydrogen-bond donors (Lipinski definition) is 0. The molecule has 0 atom stereocenters. The first-order valence-corrected chi connectivity index (χ1v) is 20.3. The van der Waals surface area contributed by atoms with Crippen LogP contribution in [0.2, 0.25) is 0 Å². The zero-order chi connectivity index (χ0) is 38.9. The molecular formula is C52H40N4Pt-2. The minimum atomic E-state index is 0.0693. The fraction of sp³-hybridized carbons (Fsp3) is 0.0769. The molecule has 0 radical (unpaired) electrons. The number of para-hydroxylation sites is 3. The second kappa shape index (κ2) is 15.3. The van der Waals surface area contributed by atoms with Gasteiger partial charge >= 0.3 is 341 Å². The normalized spacial score (nSPS) is 11.5. The first-order valence-electron chi connectivity index (χ1n) is 19.1. The number of hydrogen-bond acceptors (Lipinski definition) is 2. The molecule has 0 saturated carbocycles. The summed E-state index contributed by atoms with van der Waals surface area (Å²) in [5, 5.41) is 0. The molecule has 9 rings (SSSR count). The van der Waals surface area contributed by atoms with E-state index in [4.69, 9.17) is 4.98 Å².